The van der Waals surface area contributed by atoms with Crippen molar-refractivity contribution in [2.45, 2.75) is 25.7 Å². The van der Waals surface area contributed by atoms with Crippen molar-refractivity contribution in [2.24, 2.45) is 0 Å². The number of ether oxygens (including phenoxy) is 1. The van der Waals surface area contributed by atoms with Crippen LogP contribution in [0.15, 0.2) is 36.4 Å². The molecule has 0 aliphatic heterocycles. The van der Waals surface area contributed by atoms with Crippen molar-refractivity contribution < 1.29 is 32.5 Å². The molecule has 1 aromatic carbocycles. The highest BCUT2D eigenvalue weighted by Crippen LogP contribution is 2.32. The fourth-order valence-corrected chi connectivity index (χ4v) is 2.68. The topological polar surface area (TPSA) is 81.6 Å². The Morgan fingerprint density at radius 2 is 1.71 bits per heavy atom. The molecule has 1 heterocycles. The number of carbonyl (C=O) groups excluding carboxylic acids is 2. The lowest BCUT2D eigenvalue weighted by molar-refractivity contribution is -0.372. The molecule has 0 saturated heterocycles. The quantitative estimate of drug-likeness (QED) is 0.580. The van der Waals surface area contributed by atoms with Crippen LogP contribution in [0, 0.1) is 13.8 Å². The van der Waals surface area contributed by atoms with Gasteiger partial charge in [-0.25, -0.2) is 15.1 Å². The van der Waals surface area contributed by atoms with Gasteiger partial charge in [-0.3, -0.25) is 10.1 Å². The van der Waals surface area contributed by atoms with Crippen LogP contribution in [0.4, 0.5) is 19.0 Å². The number of aromatic amines is 1. The number of carbonyl (C=O) groups is 2. The third kappa shape index (κ3) is 4.53. The van der Waals surface area contributed by atoms with Gasteiger partial charge in [-0.05, 0) is 49.7 Å². The van der Waals surface area contributed by atoms with Crippen molar-refractivity contribution in [1.29, 1.82) is 0 Å². The number of pyridine rings is 1. The van der Waals surface area contributed by atoms with E-state index in [1.807, 2.05) is 0 Å². The van der Waals surface area contributed by atoms with Gasteiger partial charge in [0, 0.05) is 16.7 Å². The zero-order valence-electron chi connectivity index (χ0n) is 15.2. The third-order valence-corrected chi connectivity index (χ3v) is 4.05. The summed E-state index contributed by atoms with van der Waals surface area (Å²) < 4.78 is 46.4. The highest BCUT2D eigenvalue weighted by Gasteiger charge is 2.67. The minimum Gasteiger partial charge on any atom is -0.464 e. The summed E-state index contributed by atoms with van der Waals surface area (Å²) in [7, 11) is 0.796. The zero-order chi connectivity index (χ0) is 21.1. The molecule has 28 heavy (non-hydrogen) atoms. The molecule has 1 aromatic heterocycles. The second-order valence-corrected chi connectivity index (χ2v) is 6.52. The molecule has 3 N–H and O–H groups in total. The number of halogens is 4. The van der Waals surface area contributed by atoms with E-state index in [1.54, 1.807) is 25.2 Å². The standard InChI is InChI=1S/C18H17ClF3N3O3/c1-10-8-11(2)23-14(9-10)24-17(16(27)28-3,18(20,21)22)25-15(26)12-4-6-13(19)7-5-12/h4-9H,1-3H3,(H,23,24)(H,25,26)/p+1/t17-/m0/s1. The molecule has 0 bridgehead atoms. The Morgan fingerprint density at radius 3 is 2.21 bits per heavy atom. The van der Waals surface area contributed by atoms with E-state index < -0.39 is 23.7 Å². The number of nitrogens with one attached hydrogen (secondary N) is 3. The van der Waals surface area contributed by atoms with Crippen LogP contribution in [-0.4, -0.2) is 30.8 Å². The van der Waals surface area contributed by atoms with Crippen LogP contribution >= 0.6 is 11.6 Å². The number of amides is 1. The first kappa shape index (κ1) is 21.5. The summed E-state index contributed by atoms with van der Waals surface area (Å²) in [4.78, 5) is 27.4. The maximum Gasteiger partial charge on any atom is 0.464 e. The molecule has 0 aliphatic carbocycles. The molecule has 150 valence electrons. The third-order valence-electron chi connectivity index (χ3n) is 3.79. The van der Waals surface area contributed by atoms with Gasteiger partial charge in [-0.2, -0.15) is 13.2 Å². The Kier molecular flexibility index (Phi) is 6.18. The average Bonchev–Trinajstić information content (AvgIpc) is 2.59. The van der Waals surface area contributed by atoms with Crippen LogP contribution in [0.3, 0.4) is 0 Å². The van der Waals surface area contributed by atoms with E-state index in [-0.39, 0.29) is 11.4 Å². The molecule has 1 atom stereocenters. The van der Waals surface area contributed by atoms with Gasteiger partial charge < -0.3 is 4.74 Å². The molecular weight excluding hydrogens is 399 g/mol. The number of rotatable bonds is 5. The molecule has 0 unspecified atom stereocenters. The van der Waals surface area contributed by atoms with E-state index in [0.717, 1.165) is 7.11 Å². The summed E-state index contributed by atoms with van der Waals surface area (Å²) in [5, 5.41) is 4.10. The first-order chi connectivity index (χ1) is 13.0. The number of methoxy groups -OCH3 is 1. The highest BCUT2D eigenvalue weighted by atomic mass is 35.5. The molecule has 6 nitrogen and oxygen atoms in total. The Morgan fingerprint density at radius 1 is 1.11 bits per heavy atom. The molecule has 2 aromatic rings. The largest absolute Gasteiger partial charge is 0.464 e. The lowest BCUT2D eigenvalue weighted by Crippen LogP contribution is -2.69. The summed E-state index contributed by atoms with van der Waals surface area (Å²) in [6.07, 6.45) is -5.23. The number of aryl methyl sites for hydroxylation is 2. The second-order valence-electron chi connectivity index (χ2n) is 6.08. The smallest absolute Gasteiger partial charge is 0.464 e. The van der Waals surface area contributed by atoms with Gasteiger partial charge >= 0.3 is 17.8 Å². The Balaban J connectivity index is 2.52. The van der Waals surface area contributed by atoms with Crippen LogP contribution < -0.4 is 15.6 Å². The van der Waals surface area contributed by atoms with Crippen molar-refractivity contribution in [3.63, 3.8) is 0 Å². The number of esters is 1. The predicted octanol–water partition coefficient (Wildman–Crippen LogP) is 3.04. The Hall–Kier alpha value is -2.81. The number of alkyl halides is 3. The van der Waals surface area contributed by atoms with E-state index in [4.69, 9.17) is 11.6 Å². The average molecular weight is 417 g/mol. The highest BCUT2D eigenvalue weighted by molar-refractivity contribution is 6.30. The van der Waals surface area contributed by atoms with E-state index >= 15 is 0 Å². The molecule has 0 saturated carbocycles. The van der Waals surface area contributed by atoms with Gasteiger partial charge in [0.15, 0.2) is 0 Å². The first-order valence-corrected chi connectivity index (χ1v) is 8.38. The van der Waals surface area contributed by atoms with Gasteiger partial charge in [0.25, 0.3) is 11.7 Å². The second kappa shape index (κ2) is 8.05. The minimum atomic E-state index is -5.23. The molecular formula is C18H18ClF3N3O3+. The maximum absolute atomic E-state index is 14.0. The molecule has 0 spiro atoms. The number of H-pyrrole nitrogens is 1. The van der Waals surface area contributed by atoms with Gasteiger partial charge in [0.2, 0.25) is 0 Å². The van der Waals surface area contributed by atoms with Crippen molar-refractivity contribution >= 4 is 29.3 Å². The lowest BCUT2D eigenvalue weighted by atomic mass is 10.1. The fourth-order valence-electron chi connectivity index (χ4n) is 2.55. The summed E-state index contributed by atoms with van der Waals surface area (Å²) in [5.74, 6) is -3.00. The SMILES string of the molecule is COC(=O)[C@@](NC(=O)c1ccc(Cl)cc1)(Nc1cc(C)cc(C)[nH+]1)C(F)(F)F. The Bertz CT molecular complexity index is 868. The normalized spacial score (nSPS) is 13.4. The predicted molar refractivity (Wildman–Crippen MR) is 95.8 cm³/mol. The van der Waals surface area contributed by atoms with Crippen molar-refractivity contribution in [3.8, 4) is 0 Å². The Labute approximate surface area is 164 Å². The molecule has 2 rings (SSSR count). The summed E-state index contributed by atoms with van der Waals surface area (Å²) in [5.41, 5.74) is -2.45. The van der Waals surface area contributed by atoms with E-state index in [9.17, 15) is 22.8 Å². The summed E-state index contributed by atoms with van der Waals surface area (Å²) in [6.45, 7) is 3.31. The van der Waals surface area contributed by atoms with E-state index in [2.05, 4.69) is 15.0 Å². The maximum atomic E-state index is 14.0. The summed E-state index contributed by atoms with van der Waals surface area (Å²) >= 11 is 5.73. The van der Waals surface area contributed by atoms with Crippen LogP contribution in [0.2, 0.25) is 5.02 Å². The molecule has 10 heteroatoms. The van der Waals surface area contributed by atoms with Crippen LogP contribution in [0.1, 0.15) is 21.6 Å². The summed E-state index contributed by atoms with van der Waals surface area (Å²) in [6, 6.07) is 8.22. The van der Waals surface area contributed by atoms with E-state index in [1.165, 1.54) is 30.3 Å². The number of anilines is 1. The van der Waals surface area contributed by atoms with Gasteiger partial charge in [-0.1, -0.05) is 11.6 Å². The molecule has 1 amide bonds. The fraction of sp³-hybridized carbons (Fsp3) is 0.278. The van der Waals surface area contributed by atoms with E-state index in [0.29, 0.717) is 16.3 Å². The lowest BCUT2D eigenvalue weighted by Gasteiger charge is -2.30. The van der Waals surface area contributed by atoms with Crippen molar-refractivity contribution in [2.75, 3.05) is 12.4 Å². The number of hydrogen-bond acceptors (Lipinski definition) is 4. The molecule has 0 fully saturated rings. The van der Waals surface area contributed by atoms with Crippen LogP contribution in [0.5, 0.6) is 0 Å². The first-order valence-electron chi connectivity index (χ1n) is 8.00. The van der Waals surface area contributed by atoms with Crippen molar-refractivity contribution in [3.05, 3.63) is 58.2 Å². The zero-order valence-corrected chi connectivity index (χ0v) is 16.0. The number of aromatic nitrogens is 1. The monoisotopic (exact) mass is 416 g/mol. The minimum absolute atomic E-state index is 0.117. The number of hydrogen-bond donors (Lipinski definition) is 2. The number of benzene rings is 1. The van der Waals surface area contributed by atoms with Gasteiger partial charge in [0.1, 0.15) is 0 Å². The van der Waals surface area contributed by atoms with Crippen molar-refractivity contribution in [1.82, 2.24) is 5.32 Å². The molecule has 0 radical (unpaired) electrons. The van der Waals surface area contributed by atoms with Crippen LogP contribution in [-0.2, 0) is 9.53 Å². The molecule has 0 aliphatic rings. The van der Waals surface area contributed by atoms with Crippen LogP contribution in [0.25, 0.3) is 0 Å². The van der Waals surface area contributed by atoms with Gasteiger partial charge in [0.05, 0.1) is 12.8 Å². The van der Waals surface area contributed by atoms with Gasteiger partial charge in [-0.15, -0.1) is 0 Å².